The van der Waals surface area contributed by atoms with Gasteiger partial charge in [-0.1, -0.05) is 6.92 Å². The maximum absolute atomic E-state index is 9.60. The molecule has 0 radical (unpaired) electrons. The second-order valence-electron chi connectivity index (χ2n) is 7.73. The normalized spacial score (nSPS) is 12.1. The lowest BCUT2D eigenvalue weighted by atomic mass is 10.0. The van der Waals surface area contributed by atoms with Gasteiger partial charge in [0, 0.05) is 24.8 Å². The van der Waals surface area contributed by atoms with Crippen LogP contribution >= 0.6 is 0 Å². The number of ether oxygens (including phenoxy) is 1. The molecule has 0 aliphatic rings. The van der Waals surface area contributed by atoms with Crippen LogP contribution in [0.5, 0.6) is 5.75 Å². The zero-order chi connectivity index (χ0) is 23.3. The van der Waals surface area contributed by atoms with Crippen molar-refractivity contribution < 1.29 is 19.4 Å². The molecule has 1 atom stereocenters. The highest BCUT2D eigenvalue weighted by atomic mass is 16.5. The van der Waals surface area contributed by atoms with Crippen LogP contribution in [0.1, 0.15) is 37.5 Å². The molecule has 32 heavy (non-hydrogen) atoms. The molecule has 0 spiro atoms. The Balaban J connectivity index is 1.88. The van der Waals surface area contributed by atoms with E-state index < -0.39 is 6.10 Å². The predicted octanol–water partition coefficient (Wildman–Crippen LogP) is 3.56. The number of aliphatic hydroxyl groups excluding tert-OH is 2. The first kappa shape index (κ1) is 23.7. The summed E-state index contributed by atoms with van der Waals surface area (Å²) in [5.74, 6) is 2.51. The van der Waals surface area contributed by atoms with Crippen molar-refractivity contribution in [2.45, 2.75) is 47.1 Å². The fourth-order valence-electron chi connectivity index (χ4n) is 3.67. The van der Waals surface area contributed by atoms with Gasteiger partial charge in [-0.15, -0.1) is 10.2 Å². The van der Waals surface area contributed by atoms with Crippen LogP contribution in [0.25, 0.3) is 22.9 Å². The number of aliphatic hydroxyl groups is 2. The summed E-state index contributed by atoms with van der Waals surface area (Å²) in [4.78, 5) is 6.82. The van der Waals surface area contributed by atoms with Gasteiger partial charge in [0.05, 0.1) is 12.2 Å². The summed E-state index contributed by atoms with van der Waals surface area (Å²) in [7, 11) is 0. The molecule has 8 heteroatoms. The van der Waals surface area contributed by atoms with E-state index in [0.717, 1.165) is 53.1 Å². The molecule has 2 N–H and O–H groups in total. The van der Waals surface area contributed by atoms with E-state index >= 15 is 0 Å². The number of aromatic nitrogens is 3. The Morgan fingerprint density at radius 1 is 1.00 bits per heavy atom. The number of rotatable bonds is 10. The van der Waals surface area contributed by atoms with E-state index in [1.807, 2.05) is 39.0 Å². The highest BCUT2D eigenvalue weighted by Crippen LogP contribution is 2.32. The molecule has 8 nitrogen and oxygen atoms in total. The lowest BCUT2D eigenvalue weighted by molar-refractivity contribution is 0.0531. The number of pyridine rings is 1. The molecule has 0 saturated carbocycles. The van der Waals surface area contributed by atoms with Gasteiger partial charge >= 0.3 is 0 Å². The highest BCUT2D eigenvalue weighted by Gasteiger charge is 2.17. The average molecular weight is 441 g/mol. The fraction of sp³-hybridized carbons (Fsp3) is 0.458. The summed E-state index contributed by atoms with van der Waals surface area (Å²) in [6.45, 7) is 11.7. The molecule has 0 saturated heterocycles. The second kappa shape index (κ2) is 10.6. The molecular formula is C24H32N4O4. The van der Waals surface area contributed by atoms with Crippen molar-refractivity contribution in [3.05, 3.63) is 41.1 Å². The molecule has 3 rings (SSSR count). The molecule has 2 aromatic heterocycles. The molecule has 172 valence electrons. The number of nitrogens with zero attached hydrogens (tertiary/aromatic N) is 4. The van der Waals surface area contributed by atoms with Crippen LogP contribution in [0.15, 0.2) is 28.8 Å². The molecule has 1 unspecified atom stereocenters. The predicted molar refractivity (Wildman–Crippen MR) is 124 cm³/mol. The summed E-state index contributed by atoms with van der Waals surface area (Å²) in [5.41, 5.74) is 4.50. The number of hydrogen-bond donors (Lipinski definition) is 2. The summed E-state index contributed by atoms with van der Waals surface area (Å²) < 4.78 is 11.7. The minimum absolute atomic E-state index is 0.0320. The number of aryl methyl sites for hydroxylation is 3. The molecule has 0 bridgehead atoms. The fourth-order valence-corrected chi connectivity index (χ4v) is 3.67. The molecule has 0 aliphatic carbocycles. The minimum atomic E-state index is -0.914. The van der Waals surface area contributed by atoms with Gasteiger partial charge in [0.2, 0.25) is 11.8 Å². The van der Waals surface area contributed by atoms with Gasteiger partial charge in [-0.2, -0.15) is 0 Å². The van der Waals surface area contributed by atoms with Gasteiger partial charge in [-0.3, -0.25) is 0 Å². The van der Waals surface area contributed by atoms with Crippen LogP contribution in [0, 0.1) is 13.8 Å². The smallest absolute Gasteiger partial charge is 0.249 e. The highest BCUT2D eigenvalue weighted by molar-refractivity contribution is 5.63. The first-order valence-corrected chi connectivity index (χ1v) is 11.0. The van der Waals surface area contributed by atoms with Crippen molar-refractivity contribution in [2.75, 3.05) is 31.2 Å². The van der Waals surface area contributed by atoms with E-state index in [1.54, 1.807) is 6.20 Å². The lowest BCUT2D eigenvalue weighted by Crippen LogP contribution is -2.23. The molecular weight excluding hydrogens is 408 g/mol. The quantitative estimate of drug-likeness (QED) is 0.493. The Labute approximate surface area is 188 Å². The zero-order valence-corrected chi connectivity index (χ0v) is 19.4. The van der Waals surface area contributed by atoms with Gasteiger partial charge in [0.1, 0.15) is 24.3 Å². The number of benzene rings is 1. The van der Waals surface area contributed by atoms with E-state index in [0.29, 0.717) is 17.5 Å². The summed E-state index contributed by atoms with van der Waals surface area (Å²) in [6.07, 6.45) is 1.59. The van der Waals surface area contributed by atoms with E-state index in [9.17, 15) is 5.11 Å². The molecule has 0 aliphatic heterocycles. The minimum Gasteiger partial charge on any atom is -0.490 e. The average Bonchev–Trinajstić information content (AvgIpc) is 3.29. The number of anilines is 1. The Bertz CT molecular complexity index is 1050. The van der Waals surface area contributed by atoms with E-state index in [1.165, 1.54) is 0 Å². The van der Waals surface area contributed by atoms with E-state index in [-0.39, 0.29) is 13.2 Å². The third-order valence-corrected chi connectivity index (χ3v) is 5.40. The van der Waals surface area contributed by atoms with Crippen LogP contribution in [-0.2, 0) is 6.42 Å². The molecule has 0 amide bonds. The Kier molecular flexibility index (Phi) is 7.82. The topological polar surface area (TPSA) is 105 Å². The maximum atomic E-state index is 9.60. The third-order valence-electron chi connectivity index (χ3n) is 5.40. The van der Waals surface area contributed by atoms with Crippen molar-refractivity contribution in [1.29, 1.82) is 0 Å². The second-order valence-corrected chi connectivity index (χ2v) is 7.73. The van der Waals surface area contributed by atoms with Gasteiger partial charge in [-0.25, -0.2) is 4.98 Å². The molecule has 1 aromatic carbocycles. The third kappa shape index (κ3) is 5.08. The summed E-state index contributed by atoms with van der Waals surface area (Å²) in [6, 6.07) is 5.89. The molecule has 3 aromatic rings. The maximum Gasteiger partial charge on any atom is 0.249 e. The van der Waals surface area contributed by atoms with Crippen LogP contribution in [0.3, 0.4) is 0 Å². The first-order valence-electron chi connectivity index (χ1n) is 11.0. The van der Waals surface area contributed by atoms with Crippen LogP contribution < -0.4 is 9.64 Å². The van der Waals surface area contributed by atoms with Crippen molar-refractivity contribution >= 4 is 5.82 Å². The Morgan fingerprint density at radius 2 is 1.66 bits per heavy atom. The standard InChI is InChI=1S/C24H32N4O4/c1-6-17-11-18(9-15(4)21(17)31-14-20(30)13-29)23-26-27-24(32-23)19-10-16(5)22(25-12-19)28(7-2)8-3/h9-12,20,29-30H,6-8,13-14H2,1-5H3. The first-order chi connectivity index (χ1) is 15.4. The van der Waals surface area contributed by atoms with Gasteiger partial charge in [0.15, 0.2) is 0 Å². The van der Waals surface area contributed by atoms with Crippen molar-refractivity contribution in [3.8, 4) is 28.7 Å². The monoisotopic (exact) mass is 440 g/mol. The molecule has 2 heterocycles. The Morgan fingerprint density at radius 3 is 2.25 bits per heavy atom. The van der Waals surface area contributed by atoms with Crippen LogP contribution in [-0.4, -0.2) is 57.8 Å². The van der Waals surface area contributed by atoms with Crippen LogP contribution in [0.2, 0.25) is 0 Å². The van der Waals surface area contributed by atoms with E-state index in [4.69, 9.17) is 14.3 Å². The van der Waals surface area contributed by atoms with Crippen LogP contribution in [0.4, 0.5) is 5.82 Å². The van der Waals surface area contributed by atoms with E-state index in [2.05, 4.69) is 33.9 Å². The SMILES string of the molecule is CCc1cc(-c2nnc(-c3cnc(N(CC)CC)c(C)c3)o2)cc(C)c1OCC(O)CO. The zero-order valence-electron chi connectivity index (χ0n) is 19.4. The Hall–Kier alpha value is -2.97. The van der Waals surface area contributed by atoms with Crippen molar-refractivity contribution in [3.63, 3.8) is 0 Å². The van der Waals surface area contributed by atoms with Gasteiger partial charge in [0.25, 0.3) is 0 Å². The van der Waals surface area contributed by atoms with Crippen molar-refractivity contribution in [1.82, 2.24) is 15.2 Å². The largest absolute Gasteiger partial charge is 0.490 e. The number of hydrogen-bond acceptors (Lipinski definition) is 8. The summed E-state index contributed by atoms with van der Waals surface area (Å²) >= 11 is 0. The van der Waals surface area contributed by atoms with Gasteiger partial charge < -0.3 is 24.3 Å². The summed E-state index contributed by atoms with van der Waals surface area (Å²) in [5, 5.41) is 27.1. The lowest BCUT2D eigenvalue weighted by Gasteiger charge is -2.21. The van der Waals surface area contributed by atoms with Gasteiger partial charge in [-0.05, 0) is 69.0 Å². The molecule has 0 fully saturated rings. The van der Waals surface area contributed by atoms with Crippen molar-refractivity contribution in [2.24, 2.45) is 0 Å².